The lowest BCUT2D eigenvalue weighted by Crippen LogP contribution is -2.41. The molecule has 96 valence electrons. The Bertz CT molecular complexity index is 463. The summed E-state index contributed by atoms with van der Waals surface area (Å²) in [5.41, 5.74) is 0.914. The molecule has 18 heavy (non-hydrogen) atoms. The van der Waals surface area contributed by atoms with E-state index in [1.54, 1.807) is 17.2 Å². The third kappa shape index (κ3) is 3.38. The highest BCUT2D eigenvalue weighted by atomic mass is 35.5. The lowest BCUT2D eigenvalue weighted by molar-refractivity contribution is -0.486. The molecule has 8 heteroatoms. The van der Waals surface area contributed by atoms with Gasteiger partial charge < -0.3 is 9.64 Å². The molecular weight excluding hydrogens is 260 g/mol. The highest BCUT2D eigenvalue weighted by Gasteiger charge is 2.20. The van der Waals surface area contributed by atoms with Crippen LogP contribution in [0.1, 0.15) is 5.56 Å². The summed E-state index contributed by atoms with van der Waals surface area (Å²) in [6.45, 7) is 1.75. The van der Waals surface area contributed by atoms with Crippen LogP contribution in [0.3, 0.4) is 0 Å². The molecule has 1 aromatic heterocycles. The summed E-state index contributed by atoms with van der Waals surface area (Å²) in [5, 5.41) is 13.4. The van der Waals surface area contributed by atoms with Crippen LogP contribution >= 0.6 is 11.6 Å². The van der Waals surface area contributed by atoms with Gasteiger partial charge in [-0.25, -0.2) is 15.1 Å². The van der Waals surface area contributed by atoms with Crippen LogP contribution in [0.15, 0.2) is 23.4 Å². The minimum absolute atomic E-state index is 0.155. The summed E-state index contributed by atoms with van der Waals surface area (Å²) >= 11 is 5.69. The highest BCUT2D eigenvalue weighted by molar-refractivity contribution is 6.29. The Balaban J connectivity index is 2.10. The topological polar surface area (TPSA) is 80.9 Å². The normalized spacial score (nSPS) is 18.1. The fraction of sp³-hybridized carbons (Fsp3) is 0.400. The van der Waals surface area contributed by atoms with E-state index >= 15 is 0 Å². The van der Waals surface area contributed by atoms with Gasteiger partial charge in [-0.1, -0.05) is 17.7 Å². The first kappa shape index (κ1) is 12.7. The Kier molecular flexibility index (Phi) is 4.06. The fourth-order valence-corrected chi connectivity index (χ4v) is 1.75. The van der Waals surface area contributed by atoms with Gasteiger partial charge in [-0.05, 0) is 11.6 Å². The molecule has 1 aliphatic rings. The summed E-state index contributed by atoms with van der Waals surface area (Å²) in [6, 6.07) is 3.51. The quantitative estimate of drug-likeness (QED) is 0.468. The number of rotatable bonds is 3. The van der Waals surface area contributed by atoms with E-state index in [-0.39, 0.29) is 6.61 Å². The molecule has 7 nitrogen and oxygen atoms in total. The van der Waals surface area contributed by atoms with Crippen LogP contribution in [0.5, 0.6) is 0 Å². The molecular formula is C10H11ClN4O3. The van der Waals surface area contributed by atoms with Gasteiger partial charge in [-0.3, -0.25) is 0 Å². The number of nitro groups is 1. The molecule has 0 spiro atoms. The number of morpholine rings is 1. The average molecular weight is 271 g/mol. The average Bonchev–Trinajstić information content (AvgIpc) is 2.34. The lowest BCUT2D eigenvalue weighted by atomic mass is 10.2. The zero-order chi connectivity index (χ0) is 13.0. The first-order valence-electron chi connectivity index (χ1n) is 5.30. The van der Waals surface area contributed by atoms with Gasteiger partial charge in [0.05, 0.1) is 11.7 Å². The zero-order valence-electron chi connectivity index (χ0n) is 9.45. The van der Waals surface area contributed by atoms with E-state index in [1.165, 1.54) is 0 Å². The van der Waals surface area contributed by atoms with Crippen molar-refractivity contribution in [3.8, 4) is 0 Å². The number of hydrogen-bond donors (Lipinski definition) is 0. The lowest BCUT2D eigenvalue weighted by Gasteiger charge is -2.28. The van der Waals surface area contributed by atoms with Crippen LogP contribution in [0, 0.1) is 10.1 Å². The van der Waals surface area contributed by atoms with E-state index in [2.05, 4.69) is 10.1 Å². The summed E-state index contributed by atoms with van der Waals surface area (Å²) in [5.74, 6) is 0.321. The van der Waals surface area contributed by atoms with Crippen LogP contribution in [-0.4, -0.2) is 40.5 Å². The van der Waals surface area contributed by atoms with Gasteiger partial charge in [0.2, 0.25) is 5.84 Å². The molecule has 1 aliphatic heterocycles. The number of amidine groups is 1. The van der Waals surface area contributed by atoms with E-state index in [0.29, 0.717) is 30.7 Å². The van der Waals surface area contributed by atoms with Crippen molar-refractivity contribution >= 4 is 17.4 Å². The highest BCUT2D eigenvalue weighted by Crippen LogP contribution is 2.10. The molecule has 0 atom stereocenters. The minimum atomic E-state index is -0.711. The largest absolute Gasteiger partial charge is 0.371 e. The van der Waals surface area contributed by atoms with E-state index in [9.17, 15) is 10.1 Å². The van der Waals surface area contributed by atoms with Gasteiger partial charge in [0.25, 0.3) is 0 Å². The maximum absolute atomic E-state index is 10.4. The van der Waals surface area contributed by atoms with Crippen LogP contribution in [0.2, 0.25) is 5.15 Å². The molecule has 1 aromatic rings. The molecule has 1 saturated heterocycles. The fourth-order valence-electron chi connectivity index (χ4n) is 1.64. The summed E-state index contributed by atoms with van der Waals surface area (Å²) in [6.07, 6.45) is 1.64. The SMILES string of the molecule is O=[N+]([O-])/N=C1\COCCN1Cc1ccc(Cl)nc1. The van der Waals surface area contributed by atoms with E-state index in [4.69, 9.17) is 16.3 Å². The van der Waals surface area contributed by atoms with Crippen molar-refractivity contribution < 1.29 is 9.77 Å². The molecule has 0 unspecified atom stereocenters. The predicted molar refractivity (Wildman–Crippen MR) is 64.9 cm³/mol. The van der Waals surface area contributed by atoms with Gasteiger partial charge in [-0.15, -0.1) is 0 Å². The van der Waals surface area contributed by atoms with Gasteiger partial charge in [0.15, 0.2) is 5.03 Å². The minimum Gasteiger partial charge on any atom is -0.371 e. The molecule has 0 N–H and O–H groups in total. The second-order valence-corrected chi connectivity index (χ2v) is 4.10. The number of hydrazone groups is 1. The number of halogens is 1. The van der Waals surface area contributed by atoms with Crippen LogP contribution in [0.4, 0.5) is 0 Å². The first-order chi connectivity index (χ1) is 8.65. The monoisotopic (exact) mass is 270 g/mol. The van der Waals surface area contributed by atoms with Crippen LogP contribution in [0.25, 0.3) is 0 Å². The Hall–Kier alpha value is -1.73. The van der Waals surface area contributed by atoms with Crippen LogP contribution in [-0.2, 0) is 11.3 Å². The van der Waals surface area contributed by atoms with Gasteiger partial charge >= 0.3 is 0 Å². The Labute approximate surface area is 108 Å². The molecule has 0 bridgehead atoms. The van der Waals surface area contributed by atoms with Crippen molar-refractivity contribution in [3.05, 3.63) is 39.2 Å². The van der Waals surface area contributed by atoms with Crippen LogP contribution < -0.4 is 0 Å². The number of pyridine rings is 1. The van der Waals surface area contributed by atoms with Crippen molar-refractivity contribution in [2.75, 3.05) is 19.8 Å². The summed E-state index contributed by atoms with van der Waals surface area (Å²) in [7, 11) is 0. The van der Waals surface area contributed by atoms with Crippen molar-refractivity contribution in [1.29, 1.82) is 0 Å². The van der Waals surface area contributed by atoms with Crippen molar-refractivity contribution in [3.63, 3.8) is 0 Å². The van der Waals surface area contributed by atoms with Crippen molar-refractivity contribution in [2.24, 2.45) is 5.10 Å². The van der Waals surface area contributed by atoms with Crippen molar-refractivity contribution in [1.82, 2.24) is 9.88 Å². The van der Waals surface area contributed by atoms with Gasteiger partial charge in [0.1, 0.15) is 11.8 Å². The third-order valence-corrected chi connectivity index (χ3v) is 2.68. The van der Waals surface area contributed by atoms with E-state index in [0.717, 1.165) is 5.56 Å². The standard InChI is InChI=1S/C10H11ClN4O3/c11-9-2-1-8(5-12-9)6-14-3-4-18-7-10(14)13-15(16)17/h1-2,5H,3-4,6-7H2/b13-10+. The number of ether oxygens (including phenoxy) is 1. The smallest absolute Gasteiger partial charge is 0.205 e. The molecule has 0 aromatic carbocycles. The molecule has 2 heterocycles. The Morgan fingerprint density at radius 3 is 3.11 bits per heavy atom. The second kappa shape index (κ2) is 5.74. The molecule has 0 aliphatic carbocycles. The maximum atomic E-state index is 10.4. The number of nitrogens with zero attached hydrogens (tertiary/aromatic N) is 4. The van der Waals surface area contributed by atoms with Gasteiger partial charge in [0, 0.05) is 19.3 Å². The number of aromatic nitrogens is 1. The van der Waals surface area contributed by atoms with Crippen molar-refractivity contribution in [2.45, 2.75) is 6.54 Å². The molecule has 0 amide bonds. The predicted octanol–water partition coefficient (Wildman–Crippen LogP) is 1.16. The molecule has 0 saturated carbocycles. The summed E-state index contributed by atoms with van der Waals surface area (Å²) < 4.78 is 5.16. The van der Waals surface area contributed by atoms with Gasteiger partial charge in [-0.2, -0.15) is 0 Å². The number of hydrogen-bond acceptors (Lipinski definition) is 4. The Morgan fingerprint density at radius 2 is 2.44 bits per heavy atom. The van der Waals surface area contributed by atoms with E-state index < -0.39 is 5.03 Å². The summed E-state index contributed by atoms with van der Waals surface area (Å²) in [4.78, 5) is 16.2. The first-order valence-corrected chi connectivity index (χ1v) is 5.68. The Morgan fingerprint density at radius 1 is 1.61 bits per heavy atom. The molecule has 0 radical (unpaired) electrons. The molecule has 2 rings (SSSR count). The van der Waals surface area contributed by atoms with E-state index in [1.807, 2.05) is 6.07 Å². The maximum Gasteiger partial charge on any atom is 0.205 e. The molecule has 1 fully saturated rings. The zero-order valence-corrected chi connectivity index (χ0v) is 10.2. The third-order valence-electron chi connectivity index (χ3n) is 2.46. The second-order valence-electron chi connectivity index (χ2n) is 3.72.